The van der Waals surface area contributed by atoms with Crippen LogP contribution in [-0.4, -0.2) is 60.2 Å². The average Bonchev–Trinajstić information content (AvgIpc) is 3.30. The van der Waals surface area contributed by atoms with Crippen LogP contribution in [0, 0.1) is 44.6 Å². The zero-order valence-electron chi connectivity index (χ0n) is 27.1. The van der Waals surface area contributed by atoms with E-state index in [4.69, 9.17) is 20.3 Å². The standard InChI is InChI=1S/C30H52BN7O6/c1-20(2)17-25(31-43-24-19-21-18-23(29(21,3)4)30(24,5)44-31)36-27(40)22(13-12-16-34-28(33)37-38(41)42)35-26(39)14-10-8-6-7-9-11-15-32/h20-25H,6-14,16-19H2,1-5H3,(H,35,39)(H,36,40)(H3,33,34,37)/t21-,22-,23-,24+,25-,30-/m0/s1. The van der Waals surface area contributed by atoms with Crippen LogP contribution >= 0.6 is 0 Å². The largest absolute Gasteiger partial charge is 0.481 e. The lowest BCUT2D eigenvalue weighted by Gasteiger charge is -2.64. The van der Waals surface area contributed by atoms with Crippen LogP contribution in [0.3, 0.4) is 0 Å². The Bertz CT molecular complexity index is 1080. The molecule has 5 N–H and O–H groups in total. The number of hydrogen-bond donors (Lipinski definition) is 4. The molecule has 13 nitrogen and oxygen atoms in total. The van der Waals surface area contributed by atoms with E-state index in [1.807, 2.05) is 0 Å². The minimum absolute atomic E-state index is 0.0117. The summed E-state index contributed by atoms with van der Waals surface area (Å²) in [5, 5.41) is 24.5. The van der Waals surface area contributed by atoms with Crippen LogP contribution < -0.4 is 21.8 Å². The number of nitriles is 1. The van der Waals surface area contributed by atoms with Crippen LogP contribution in [0.5, 0.6) is 0 Å². The number of nitrogens with zero attached hydrogens (tertiary/aromatic N) is 3. The van der Waals surface area contributed by atoms with Gasteiger partial charge in [-0.05, 0) is 75.0 Å². The second-order valence-corrected chi connectivity index (χ2v) is 13.9. The van der Waals surface area contributed by atoms with Gasteiger partial charge in [0, 0.05) is 19.4 Å². The Labute approximate surface area is 262 Å². The van der Waals surface area contributed by atoms with E-state index >= 15 is 0 Å². The summed E-state index contributed by atoms with van der Waals surface area (Å²) in [5.41, 5.74) is 7.11. The number of rotatable bonds is 18. The van der Waals surface area contributed by atoms with Crippen LogP contribution in [-0.2, 0) is 18.9 Å². The lowest BCUT2D eigenvalue weighted by atomic mass is 9.43. The van der Waals surface area contributed by atoms with Gasteiger partial charge in [-0.2, -0.15) is 5.26 Å². The molecule has 4 aliphatic rings. The molecule has 0 aromatic rings. The van der Waals surface area contributed by atoms with Crippen molar-refractivity contribution in [1.82, 2.24) is 16.1 Å². The first-order valence-corrected chi connectivity index (χ1v) is 16.3. The zero-order chi connectivity index (χ0) is 32.5. The van der Waals surface area contributed by atoms with Crippen molar-refractivity contribution in [3.8, 4) is 6.07 Å². The predicted molar refractivity (Wildman–Crippen MR) is 167 cm³/mol. The van der Waals surface area contributed by atoms with Crippen LogP contribution in [0.25, 0.3) is 0 Å². The summed E-state index contributed by atoms with van der Waals surface area (Å²) in [5.74, 6) is 0.0260. The highest BCUT2D eigenvalue weighted by Crippen LogP contribution is 2.65. The van der Waals surface area contributed by atoms with Gasteiger partial charge in [0.15, 0.2) is 5.03 Å². The average molecular weight is 618 g/mol. The molecule has 44 heavy (non-hydrogen) atoms. The van der Waals surface area contributed by atoms with Crippen molar-refractivity contribution in [1.29, 1.82) is 5.26 Å². The Balaban J connectivity index is 1.63. The van der Waals surface area contributed by atoms with Gasteiger partial charge in [-0.25, -0.2) is 15.1 Å². The van der Waals surface area contributed by atoms with E-state index in [2.05, 4.69) is 56.3 Å². The number of nitro groups is 1. The number of nitrogens with two attached hydrogens (primary N) is 1. The summed E-state index contributed by atoms with van der Waals surface area (Å²) >= 11 is 0. The number of hydrogen-bond acceptors (Lipinski definition) is 8. The number of amides is 2. The third kappa shape index (κ3) is 9.30. The van der Waals surface area contributed by atoms with Crippen molar-refractivity contribution in [3.05, 3.63) is 10.1 Å². The molecule has 4 fully saturated rings. The van der Waals surface area contributed by atoms with Gasteiger partial charge in [-0.3, -0.25) is 9.59 Å². The van der Waals surface area contributed by atoms with Crippen LogP contribution in [0.15, 0.2) is 4.99 Å². The van der Waals surface area contributed by atoms with Crippen LogP contribution in [0.1, 0.15) is 112 Å². The van der Waals surface area contributed by atoms with E-state index in [1.54, 1.807) is 5.43 Å². The molecule has 0 aromatic carbocycles. The fourth-order valence-electron chi connectivity index (χ4n) is 7.28. The van der Waals surface area contributed by atoms with Crippen molar-refractivity contribution < 1.29 is 23.9 Å². The number of hydrazine groups is 1. The number of nitrogens with one attached hydrogen (secondary N) is 3. The van der Waals surface area contributed by atoms with E-state index in [1.165, 1.54) is 0 Å². The summed E-state index contributed by atoms with van der Waals surface area (Å²) in [6, 6.07) is 1.32. The van der Waals surface area contributed by atoms with Crippen LogP contribution in [0.2, 0.25) is 0 Å². The molecule has 246 valence electrons. The number of aliphatic imine (C=N–C) groups is 1. The Kier molecular flexibility index (Phi) is 12.8. The highest BCUT2D eigenvalue weighted by Gasteiger charge is 2.68. The van der Waals surface area contributed by atoms with Gasteiger partial charge < -0.3 is 25.7 Å². The smallest absolute Gasteiger partial charge is 0.404 e. The van der Waals surface area contributed by atoms with Crippen molar-refractivity contribution >= 4 is 24.9 Å². The molecule has 0 aromatic heterocycles. The fraction of sp³-hybridized carbons (Fsp3) is 0.867. The fourth-order valence-corrected chi connectivity index (χ4v) is 7.28. The van der Waals surface area contributed by atoms with Gasteiger partial charge in [0.05, 0.1) is 23.7 Å². The minimum atomic E-state index is -0.821. The molecule has 0 spiro atoms. The third-order valence-electron chi connectivity index (χ3n) is 9.83. The van der Waals surface area contributed by atoms with Crippen molar-refractivity contribution in [2.24, 2.45) is 33.9 Å². The molecule has 2 amide bonds. The first-order chi connectivity index (χ1) is 20.8. The zero-order valence-corrected chi connectivity index (χ0v) is 27.1. The molecular weight excluding hydrogens is 565 g/mol. The number of carbonyl (C=O) groups is 2. The topological polar surface area (TPSA) is 194 Å². The monoisotopic (exact) mass is 617 g/mol. The van der Waals surface area contributed by atoms with E-state index in [0.717, 1.165) is 38.5 Å². The van der Waals surface area contributed by atoms with Crippen LogP contribution in [0.4, 0.5) is 0 Å². The summed E-state index contributed by atoms with van der Waals surface area (Å²) < 4.78 is 13.2. The Hall–Kier alpha value is -2.92. The first kappa shape index (κ1) is 35.6. The summed E-state index contributed by atoms with van der Waals surface area (Å²) in [6.07, 6.45) is 8.55. The molecule has 0 unspecified atom stereocenters. The Morgan fingerprint density at radius 1 is 1.14 bits per heavy atom. The number of unbranched alkanes of at least 4 members (excludes halogenated alkanes) is 5. The number of carbonyl (C=O) groups excluding carboxylic acids is 2. The molecule has 0 radical (unpaired) electrons. The molecule has 14 heteroatoms. The van der Waals surface area contributed by atoms with Gasteiger partial charge in [-0.1, -0.05) is 52.4 Å². The first-order valence-electron chi connectivity index (χ1n) is 16.3. The van der Waals surface area contributed by atoms with Crippen molar-refractivity contribution in [2.45, 2.75) is 135 Å². The highest BCUT2D eigenvalue weighted by atomic mass is 16.7. The normalized spacial score (nSPS) is 26.6. The van der Waals surface area contributed by atoms with E-state index in [9.17, 15) is 19.7 Å². The van der Waals surface area contributed by atoms with E-state index < -0.39 is 29.7 Å². The van der Waals surface area contributed by atoms with Crippen molar-refractivity contribution in [3.63, 3.8) is 0 Å². The second-order valence-electron chi connectivity index (χ2n) is 13.9. The van der Waals surface area contributed by atoms with E-state index in [0.29, 0.717) is 43.9 Å². The minimum Gasteiger partial charge on any atom is -0.404 e. The maximum atomic E-state index is 13.7. The molecule has 1 heterocycles. The van der Waals surface area contributed by atoms with E-state index in [-0.39, 0.29) is 48.2 Å². The molecule has 3 aliphatic carbocycles. The SMILES string of the molecule is CC(C)C[C@H](NC(=O)[C@H](CCCN=C(N)N[N+](=O)[O-])NC(=O)CCCCCCCC#N)B1O[C@@H]2C[C@@H]3C[C@@H](C3(C)C)[C@]2(C)O1. The molecular formula is C30H52BN7O6. The van der Waals surface area contributed by atoms with Gasteiger partial charge in [0.2, 0.25) is 11.8 Å². The summed E-state index contributed by atoms with van der Waals surface area (Å²) in [7, 11) is -0.582. The lowest BCUT2D eigenvalue weighted by Crippen LogP contribution is -2.65. The Morgan fingerprint density at radius 2 is 1.84 bits per heavy atom. The lowest BCUT2D eigenvalue weighted by molar-refractivity contribution is -0.525. The summed E-state index contributed by atoms with van der Waals surface area (Å²) in [6.45, 7) is 11.1. The van der Waals surface area contributed by atoms with Gasteiger partial charge >= 0.3 is 7.12 Å². The third-order valence-corrected chi connectivity index (χ3v) is 9.83. The quantitative estimate of drug-likeness (QED) is 0.0445. The molecule has 6 atom stereocenters. The predicted octanol–water partition coefficient (Wildman–Crippen LogP) is 3.40. The number of guanidine groups is 1. The van der Waals surface area contributed by atoms with Gasteiger partial charge in [0.1, 0.15) is 6.04 Å². The van der Waals surface area contributed by atoms with Gasteiger partial charge in [0.25, 0.3) is 5.96 Å². The molecule has 1 saturated heterocycles. The molecule has 1 aliphatic heterocycles. The van der Waals surface area contributed by atoms with Gasteiger partial charge in [-0.15, -0.1) is 0 Å². The second kappa shape index (κ2) is 15.9. The highest BCUT2D eigenvalue weighted by molar-refractivity contribution is 6.48. The molecule has 3 saturated carbocycles. The molecule has 2 bridgehead atoms. The van der Waals surface area contributed by atoms with Crippen molar-refractivity contribution in [2.75, 3.05) is 6.54 Å². The summed E-state index contributed by atoms with van der Waals surface area (Å²) in [4.78, 5) is 41.1. The molecule has 4 rings (SSSR count). The maximum absolute atomic E-state index is 13.7. The maximum Gasteiger partial charge on any atom is 0.481 e. The Morgan fingerprint density at radius 3 is 2.50 bits per heavy atom.